The number of H-pyrrole nitrogens is 1. The second kappa shape index (κ2) is 8.15. The van der Waals surface area contributed by atoms with Crippen molar-refractivity contribution in [2.75, 3.05) is 12.4 Å². The van der Waals surface area contributed by atoms with Gasteiger partial charge in [-0.25, -0.2) is 4.79 Å². The molecule has 1 heterocycles. The highest BCUT2D eigenvalue weighted by molar-refractivity contribution is 7.99. The lowest BCUT2D eigenvalue weighted by atomic mass is 9.93. The number of nitrogens with one attached hydrogen (secondary N) is 1. The van der Waals surface area contributed by atoms with Crippen LogP contribution in [-0.2, 0) is 5.41 Å². The van der Waals surface area contributed by atoms with Gasteiger partial charge >= 0.3 is 5.97 Å². The van der Waals surface area contributed by atoms with Crippen LogP contribution in [0.25, 0.3) is 0 Å². The van der Waals surface area contributed by atoms with Crippen molar-refractivity contribution >= 4 is 17.7 Å². The molecule has 0 aliphatic heterocycles. The fraction of sp³-hybridized carbons (Fsp3) is 0.412. The van der Waals surface area contributed by atoms with Gasteiger partial charge in [0.05, 0.1) is 12.2 Å². The molecule has 134 valence electrons. The van der Waals surface area contributed by atoms with Crippen LogP contribution in [0.1, 0.15) is 43.2 Å². The minimum Gasteiger partial charge on any atom is -0.494 e. The van der Waals surface area contributed by atoms with Gasteiger partial charge in [0.1, 0.15) is 11.4 Å². The number of carboxylic acids is 1. The summed E-state index contributed by atoms with van der Waals surface area (Å²) in [4.78, 5) is 25.5. The van der Waals surface area contributed by atoms with E-state index in [0.29, 0.717) is 29.0 Å². The van der Waals surface area contributed by atoms with E-state index in [1.54, 1.807) is 12.1 Å². The summed E-state index contributed by atoms with van der Waals surface area (Å²) in [6.45, 7) is 6.23. The summed E-state index contributed by atoms with van der Waals surface area (Å²) in [6.07, 6.45) is 0.746. The lowest BCUT2D eigenvalue weighted by molar-refractivity contribution is 0.0697. The van der Waals surface area contributed by atoms with E-state index in [4.69, 9.17) is 9.84 Å². The molecule has 1 aromatic carbocycles. The second-order valence-corrected chi connectivity index (χ2v) is 7.52. The number of benzene rings is 1. The molecule has 0 amide bonds. The zero-order valence-corrected chi connectivity index (χ0v) is 15.2. The largest absolute Gasteiger partial charge is 0.494 e. The van der Waals surface area contributed by atoms with Gasteiger partial charge in [-0.3, -0.25) is 9.78 Å². The minimum atomic E-state index is -0.962. The molecular weight excluding hydrogens is 342 g/mol. The number of aromatic amines is 1. The minimum absolute atomic E-state index is 0.209. The van der Waals surface area contributed by atoms with Crippen molar-refractivity contribution in [2.45, 2.75) is 37.8 Å². The van der Waals surface area contributed by atoms with Crippen molar-refractivity contribution in [2.24, 2.45) is 0 Å². The number of aromatic nitrogens is 3. The van der Waals surface area contributed by atoms with Gasteiger partial charge in [0.25, 0.3) is 5.56 Å². The number of carbonyl (C=O) groups is 1. The molecule has 2 aromatic rings. The Bertz CT molecular complexity index is 782. The Morgan fingerprint density at radius 2 is 1.92 bits per heavy atom. The Morgan fingerprint density at radius 3 is 2.48 bits per heavy atom. The Hall–Kier alpha value is -2.35. The number of carboxylic acid groups (broad SMARTS) is 1. The molecule has 0 spiro atoms. The van der Waals surface area contributed by atoms with Crippen molar-refractivity contribution in [1.29, 1.82) is 0 Å². The summed E-state index contributed by atoms with van der Waals surface area (Å²) >= 11 is 1.41. The second-order valence-electron chi connectivity index (χ2n) is 6.44. The maximum atomic E-state index is 12.0. The van der Waals surface area contributed by atoms with Crippen molar-refractivity contribution in [3.63, 3.8) is 0 Å². The highest BCUT2D eigenvalue weighted by Crippen LogP contribution is 2.17. The molecule has 2 N–H and O–H groups in total. The van der Waals surface area contributed by atoms with Crippen molar-refractivity contribution in [3.05, 3.63) is 45.9 Å². The Labute approximate surface area is 149 Å². The predicted octanol–water partition coefficient (Wildman–Crippen LogP) is 2.72. The van der Waals surface area contributed by atoms with Crippen LogP contribution >= 0.6 is 11.8 Å². The maximum absolute atomic E-state index is 12.0. The highest BCUT2D eigenvalue weighted by atomic mass is 32.2. The maximum Gasteiger partial charge on any atom is 0.335 e. The Balaban J connectivity index is 1.77. The zero-order valence-electron chi connectivity index (χ0n) is 14.4. The molecule has 1 aromatic heterocycles. The van der Waals surface area contributed by atoms with Crippen LogP contribution in [0.15, 0.2) is 34.2 Å². The number of aromatic carboxylic acids is 1. The van der Waals surface area contributed by atoms with E-state index in [9.17, 15) is 9.59 Å². The summed E-state index contributed by atoms with van der Waals surface area (Å²) in [5.74, 6) is 0.375. The summed E-state index contributed by atoms with van der Waals surface area (Å²) in [5, 5.41) is 17.4. The third kappa shape index (κ3) is 5.60. The molecule has 0 bridgehead atoms. The Morgan fingerprint density at radius 1 is 1.24 bits per heavy atom. The molecule has 8 heteroatoms. The molecular formula is C17H21N3O4S. The fourth-order valence-corrected chi connectivity index (χ4v) is 2.71. The van der Waals surface area contributed by atoms with E-state index in [1.165, 1.54) is 23.9 Å². The zero-order chi connectivity index (χ0) is 18.4. The molecule has 2 rings (SSSR count). The van der Waals surface area contributed by atoms with Crippen LogP contribution in [-0.4, -0.2) is 38.6 Å². The highest BCUT2D eigenvalue weighted by Gasteiger charge is 2.20. The van der Waals surface area contributed by atoms with E-state index in [1.807, 2.05) is 20.8 Å². The third-order valence-electron chi connectivity index (χ3n) is 3.28. The van der Waals surface area contributed by atoms with E-state index in [0.717, 1.165) is 6.42 Å². The molecule has 0 fully saturated rings. The average molecular weight is 363 g/mol. The van der Waals surface area contributed by atoms with Crippen LogP contribution < -0.4 is 10.3 Å². The first kappa shape index (κ1) is 19.0. The van der Waals surface area contributed by atoms with E-state index < -0.39 is 5.97 Å². The number of hydrogen-bond donors (Lipinski definition) is 2. The number of hydrogen-bond acceptors (Lipinski definition) is 6. The molecule has 0 saturated carbocycles. The number of ether oxygens (including phenoxy) is 1. The lowest BCUT2D eigenvalue weighted by Crippen LogP contribution is -2.27. The first-order valence-electron chi connectivity index (χ1n) is 7.84. The third-order valence-corrected chi connectivity index (χ3v) is 4.23. The van der Waals surface area contributed by atoms with Gasteiger partial charge in [-0.1, -0.05) is 32.5 Å². The van der Waals surface area contributed by atoms with Gasteiger partial charge in [-0.2, -0.15) is 0 Å². The van der Waals surface area contributed by atoms with E-state index in [-0.39, 0.29) is 16.5 Å². The first-order chi connectivity index (χ1) is 11.8. The first-order valence-corrected chi connectivity index (χ1v) is 8.82. The van der Waals surface area contributed by atoms with Gasteiger partial charge in [0.2, 0.25) is 0 Å². The van der Waals surface area contributed by atoms with Crippen LogP contribution in [0.2, 0.25) is 0 Å². The van der Waals surface area contributed by atoms with Gasteiger partial charge in [0, 0.05) is 11.2 Å². The summed E-state index contributed by atoms with van der Waals surface area (Å²) in [7, 11) is 0. The summed E-state index contributed by atoms with van der Waals surface area (Å²) in [5.41, 5.74) is 0.0993. The predicted molar refractivity (Wildman–Crippen MR) is 95.6 cm³/mol. The fourth-order valence-electron chi connectivity index (χ4n) is 1.99. The molecule has 0 unspecified atom stereocenters. The van der Waals surface area contributed by atoms with Crippen molar-refractivity contribution in [1.82, 2.24) is 15.2 Å². The van der Waals surface area contributed by atoms with E-state index in [2.05, 4.69) is 15.2 Å². The van der Waals surface area contributed by atoms with Gasteiger partial charge in [-0.15, -0.1) is 10.2 Å². The SMILES string of the molecule is CC(C)(C)c1nnc(SCCCOc2ccc(C(=O)O)cc2)[nH]c1=O. The molecule has 0 aliphatic rings. The van der Waals surface area contributed by atoms with Gasteiger partial charge in [0.15, 0.2) is 5.16 Å². The smallest absolute Gasteiger partial charge is 0.335 e. The quantitative estimate of drug-likeness (QED) is 0.575. The van der Waals surface area contributed by atoms with Crippen LogP contribution in [0.5, 0.6) is 5.75 Å². The number of thioether (sulfide) groups is 1. The van der Waals surface area contributed by atoms with Gasteiger partial charge in [-0.05, 0) is 30.7 Å². The van der Waals surface area contributed by atoms with Crippen LogP contribution in [0, 0.1) is 0 Å². The van der Waals surface area contributed by atoms with Crippen molar-refractivity contribution in [3.8, 4) is 5.75 Å². The topological polar surface area (TPSA) is 105 Å². The Kier molecular flexibility index (Phi) is 6.19. The van der Waals surface area contributed by atoms with Crippen LogP contribution in [0.4, 0.5) is 0 Å². The van der Waals surface area contributed by atoms with E-state index >= 15 is 0 Å². The molecule has 0 radical (unpaired) electrons. The summed E-state index contributed by atoms with van der Waals surface area (Å²) in [6, 6.07) is 6.27. The lowest BCUT2D eigenvalue weighted by Gasteiger charge is -2.15. The standard InChI is InChI=1S/C17H21N3O4S/c1-17(2,3)13-14(21)18-16(20-19-13)25-10-4-9-24-12-7-5-11(6-8-12)15(22)23/h5-8H,4,9-10H2,1-3H3,(H,22,23)(H,18,20,21). The molecule has 0 saturated heterocycles. The van der Waals surface area contributed by atoms with Gasteiger partial charge < -0.3 is 9.84 Å². The molecule has 25 heavy (non-hydrogen) atoms. The molecule has 0 atom stereocenters. The number of nitrogens with zero attached hydrogens (tertiary/aromatic N) is 2. The number of rotatable bonds is 7. The van der Waals surface area contributed by atoms with Crippen LogP contribution in [0.3, 0.4) is 0 Å². The molecule has 0 aliphatic carbocycles. The summed E-state index contributed by atoms with van der Waals surface area (Å²) < 4.78 is 5.55. The molecule has 7 nitrogen and oxygen atoms in total. The average Bonchev–Trinajstić information content (AvgIpc) is 2.54. The van der Waals surface area contributed by atoms with Crippen molar-refractivity contribution < 1.29 is 14.6 Å². The normalized spacial score (nSPS) is 11.3. The monoisotopic (exact) mass is 363 g/mol.